The fraction of sp³-hybridized carbons (Fsp3) is 0.956. The van der Waals surface area contributed by atoms with Crippen LogP contribution in [0.3, 0.4) is 0 Å². The van der Waals surface area contributed by atoms with Gasteiger partial charge in [0.25, 0.3) is 0 Å². The summed E-state index contributed by atoms with van der Waals surface area (Å²) in [6.07, 6.45) is 43.4. The predicted octanol–water partition coefficient (Wildman–Crippen LogP) is 12.8. The third-order valence-electron chi connectivity index (χ3n) is 10.7. The molecule has 0 saturated carbocycles. The van der Waals surface area contributed by atoms with Gasteiger partial charge in [-0.25, -0.2) is 0 Å². The molecule has 0 saturated heterocycles. The molecule has 1 amide bonds. The molecule has 0 aromatic heterocycles. The monoisotopic (exact) mass is 724 g/mol. The van der Waals surface area contributed by atoms with Crippen molar-refractivity contribution in [3.63, 3.8) is 0 Å². The number of hydrogen-bond acceptors (Lipinski definition) is 5. The van der Waals surface area contributed by atoms with Crippen molar-refractivity contribution in [3.8, 4) is 0 Å². The standard InChI is InChI=1S/C45H89NO5/c1-3-5-7-9-11-13-15-19-23-27-31-35-39-45(50)51-40-36-32-28-24-20-17-16-18-22-26-30-34-38-44(49)46-42(41-47)43(48)37-33-29-25-21-14-12-10-8-6-4-2/h42-43,47-48H,3-41H2,1-2H3,(H,46,49). The van der Waals surface area contributed by atoms with E-state index in [0.29, 0.717) is 25.9 Å². The molecule has 0 aliphatic rings. The Balaban J connectivity index is 3.44. The molecule has 304 valence electrons. The summed E-state index contributed by atoms with van der Waals surface area (Å²) in [4.78, 5) is 24.3. The summed E-state index contributed by atoms with van der Waals surface area (Å²) in [5, 5.41) is 23.0. The molecule has 0 radical (unpaired) electrons. The van der Waals surface area contributed by atoms with Crippen LogP contribution in [0.5, 0.6) is 0 Å². The molecule has 6 nitrogen and oxygen atoms in total. The highest BCUT2D eigenvalue weighted by Gasteiger charge is 2.20. The van der Waals surface area contributed by atoms with Crippen molar-refractivity contribution in [3.05, 3.63) is 0 Å². The first-order valence-electron chi connectivity index (χ1n) is 22.8. The topological polar surface area (TPSA) is 95.9 Å². The molecule has 0 aliphatic carbocycles. The van der Waals surface area contributed by atoms with Crippen LogP contribution in [0.1, 0.15) is 251 Å². The van der Waals surface area contributed by atoms with E-state index in [0.717, 1.165) is 57.8 Å². The van der Waals surface area contributed by atoms with Gasteiger partial charge in [-0.15, -0.1) is 0 Å². The van der Waals surface area contributed by atoms with Crippen LogP contribution in [0.2, 0.25) is 0 Å². The molecule has 0 rings (SSSR count). The van der Waals surface area contributed by atoms with Crippen LogP contribution in [0, 0.1) is 0 Å². The van der Waals surface area contributed by atoms with Crippen molar-refractivity contribution >= 4 is 11.9 Å². The van der Waals surface area contributed by atoms with Gasteiger partial charge in [-0.3, -0.25) is 9.59 Å². The minimum atomic E-state index is -0.670. The molecule has 3 N–H and O–H groups in total. The molecule has 0 fully saturated rings. The molecule has 2 atom stereocenters. The third kappa shape index (κ3) is 38.4. The Kier molecular flexibility index (Phi) is 40.7. The second-order valence-electron chi connectivity index (χ2n) is 15.7. The second-order valence-corrected chi connectivity index (χ2v) is 15.7. The van der Waals surface area contributed by atoms with E-state index < -0.39 is 12.1 Å². The number of aliphatic hydroxyl groups excluding tert-OH is 2. The molecule has 51 heavy (non-hydrogen) atoms. The Morgan fingerprint density at radius 1 is 0.471 bits per heavy atom. The number of esters is 1. The van der Waals surface area contributed by atoms with Crippen LogP contribution in [-0.2, 0) is 14.3 Å². The number of rotatable bonds is 42. The van der Waals surface area contributed by atoms with Gasteiger partial charge < -0.3 is 20.3 Å². The summed E-state index contributed by atoms with van der Waals surface area (Å²) in [6, 6.07) is -0.549. The molecule has 0 aromatic rings. The predicted molar refractivity (Wildman–Crippen MR) is 218 cm³/mol. The van der Waals surface area contributed by atoms with E-state index in [-0.39, 0.29) is 18.5 Å². The normalized spacial score (nSPS) is 12.6. The minimum absolute atomic E-state index is 0.00876. The lowest BCUT2D eigenvalue weighted by Crippen LogP contribution is -2.45. The first-order valence-corrected chi connectivity index (χ1v) is 22.8. The van der Waals surface area contributed by atoms with Crippen molar-refractivity contribution in [2.24, 2.45) is 0 Å². The van der Waals surface area contributed by atoms with Gasteiger partial charge in [0, 0.05) is 12.8 Å². The van der Waals surface area contributed by atoms with Crippen molar-refractivity contribution in [1.82, 2.24) is 5.32 Å². The molecule has 0 aliphatic heterocycles. The lowest BCUT2D eigenvalue weighted by Gasteiger charge is -2.22. The number of amides is 1. The van der Waals surface area contributed by atoms with Crippen molar-refractivity contribution < 1.29 is 24.5 Å². The lowest BCUT2D eigenvalue weighted by molar-refractivity contribution is -0.143. The maximum atomic E-state index is 12.4. The number of ether oxygens (including phenoxy) is 1. The zero-order valence-corrected chi connectivity index (χ0v) is 34.4. The zero-order valence-electron chi connectivity index (χ0n) is 34.4. The molecule has 2 unspecified atom stereocenters. The minimum Gasteiger partial charge on any atom is -0.466 e. The molecule has 0 bridgehead atoms. The molecule has 0 spiro atoms. The maximum Gasteiger partial charge on any atom is 0.305 e. The van der Waals surface area contributed by atoms with E-state index in [2.05, 4.69) is 19.2 Å². The first-order chi connectivity index (χ1) is 25.0. The summed E-state index contributed by atoms with van der Waals surface area (Å²) in [7, 11) is 0. The van der Waals surface area contributed by atoms with Crippen LogP contribution < -0.4 is 5.32 Å². The van der Waals surface area contributed by atoms with Crippen LogP contribution in [0.4, 0.5) is 0 Å². The Morgan fingerprint density at radius 3 is 1.20 bits per heavy atom. The summed E-state index contributed by atoms with van der Waals surface area (Å²) in [6.45, 7) is 4.90. The largest absolute Gasteiger partial charge is 0.466 e. The molecule has 0 aromatic carbocycles. The molecular formula is C45H89NO5. The number of carbonyl (C=O) groups excluding carboxylic acids is 2. The Labute approximate surface area is 317 Å². The lowest BCUT2D eigenvalue weighted by atomic mass is 10.0. The smallest absolute Gasteiger partial charge is 0.305 e. The molecular weight excluding hydrogens is 634 g/mol. The second kappa shape index (κ2) is 41.6. The van der Waals surface area contributed by atoms with E-state index in [1.165, 1.54) is 161 Å². The zero-order chi connectivity index (χ0) is 37.3. The van der Waals surface area contributed by atoms with Crippen molar-refractivity contribution in [2.45, 2.75) is 264 Å². The van der Waals surface area contributed by atoms with E-state index in [1.54, 1.807) is 0 Å². The highest BCUT2D eigenvalue weighted by molar-refractivity contribution is 5.76. The highest BCUT2D eigenvalue weighted by atomic mass is 16.5. The van der Waals surface area contributed by atoms with Crippen LogP contribution >= 0.6 is 0 Å². The molecule has 6 heteroatoms. The average molecular weight is 724 g/mol. The maximum absolute atomic E-state index is 12.4. The first kappa shape index (κ1) is 49.9. The fourth-order valence-electron chi connectivity index (χ4n) is 7.11. The number of unbranched alkanes of at least 4 members (excludes halogenated alkanes) is 31. The summed E-state index contributed by atoms with van der Waals surface area (Å²) in [5.41, 5.74) is 0. The Hall–Kier alpha value is -1.14. The number of carbonyl (C=O) groups is 2. The van der Waals surface area contributed by atoms with Gasteiger partial charge >= 0.3 is 5.97 Å². The van der Waals surface area contributed by atoms with Crippen LogP contribution in [-0.4, -0.2) is 47.4 Å². The van der Waals surface area contributed by atoms with E-state index in [1.807, 2.05) is 0 Å². The molecule has 0 heterocycles. The van der Waals surface area contributed by atoms with Gasteiger partial charge in [0.1, 0.15) is 0 Å². The average Bonchev–Trinajstić information content (AvgIpc) is 3.13. The van der Waals surface area contributed by atoms with Gasteiger partial charge in [-0.05, 0) is 25.7 Å². The van der Waals surface area contributed by atoms with E-state index in [4.69, 9.17) is 4.74 Å². The summed E-state index contributed by atoms with van der Waals surface area (Å²) in [5.74, 6) is -0.0605. The highest BCUT2D eigenvalue weighted by Crippen LogP contribution is 2.16. The van der Waals surface area contributed by atoms with Gasteiger partial charge in [0.05, 0.1) is 25.4 Å². The van der Waals surface area contributed by atoms with Gasteiger partial charge in [-0.1, -0.05) is 213 Å². The Bertz CT molecular complexity index is 717. The number of hydrogen-bond donors (Lipinski definition) is 3. The van der Waals surface area contributed by atoms with E-state index in [9.17, 15) is 19.8 Å². The Morgan fingerprint density at radius 2 is 0.804 bits per heavy atom. The number of aliphatic hydroxyl groups is 2. The van der Waals surface area contributed by atoms with Gasteiger partial charge in [0.2, 0.25) is 5.91 Å². The van der Waals surface area contributed by atoms with Gasteiger partial charge in [0.15, 0.2) is 0 Å². The van der Waals surface area contributed by atoms with Crippen molar-refractivity contribution in [2.75, 3.05) is 13.2 Å². The summed E-state index contributed by atoms with van der Waals surface area (Å²) < 4.78 is 5.44. The van der Waals surface area contributed by atoms with Crippen LogP contribution in [0.25, 0.3) is 0 Å². The quantitative estimate of drug-likeness (QED) is 0.0430. The van der Waals surface area contributed by atoms with Crippen molar-refractivity contribution in [1.29, 1.82) is 0 Å². The van der Waals surface area contributed by atoms with Gasteiger partial charge in [-0.2, -0.15) is 0 Å². The third-order valence-corrected chi connectivity index (χ3v) is 10.7. The van der Waals surface area contributed by atoms with Crippen LogP contribution in [0.15, 0.2) is 0 Å². The summed E-state index contributed by atoms with van der Waals surface area (Å²) >= 11 is 0. The number of nitrogens with one attached hydrogen (secondary N) is 1. The fourth-order valence-corrected chi connectivity index (χ4v) is 7.11. The van der Waals surface area contributed by atoms with E-state index >= 15 is 0 Å². The SMILES string of the molecule is CCCCCCCCCCCCCCC(=O)OCCCCCCCCCCCCCCC(=O)NC(CO)C(O)CCCCCCCCCCCC.